The molecule has 0 fully saturated rings. The Morgan fingerprint density at radius 1 is 1.40 bits per heavy atom. The Labute approximate surface area is 86.4 Å². The van der Waals surface area contributed by atoms with Crippen LogP contribution in [0.5, 0.6) is 5.75 Å². The number of carboxylic acids is 1. The van der Waals surface area contributed by atoms with Crippen molar-refractivity contribution in [3.05, 3.63) is 29.8 Å². The fourth-order valence-electron chi connectivity index (χ4n) is 1.21. The number of phenols is 1. The number of alkyl halides is 1. The van der Waals surface area contributed by atoms with E-state index in [0.29, 0.717) is 0 Å². The minimum atomic E-state index is -1.10. The molecular formula is C10H12FNO3. The molecule has 1 aromatic carbocycles. The molecule has 0 unspecified atom stereocenters. The standard InChI is InChI=1S/C10H12FNO3/c11-6-12-9(10(14)15)5-7-1-3-8(13)4-2-7/h1-4,9,12-13H,5-6H2,(H,14,15)/t9-/m0/s1. The first-order chi connectivity index (χ1) is 7.13. The molecule has 1 aromatic rings. The zero-order valence-electron chi connectivity index (χ0n) is 7.98. The van der Waals surface area contributed by atoms with Gasteiger partial charge in [0.2, 0.25) is 0 Å². The number of phenolic OH excluding ortho intramolecular Hbond substituents is 1. The molecule has 82 valence electrons. The summed E-state index contributed by atoms with van der Waals surface area (Å²) >= 11 is 0. The summed E-state index contributed by atoms with van der Waals surface area (Å²) in [6, 6.07) is 5.18. The lowest BCUT2D eigenvalue weighted by molar-refractivity contribution is -0.139. The number of halogens is 1. The largest absolute Gasteiger partial charge is 0.508 e. The van der Waals surface area contributed by atoms with Gasteiger partial charge in [-0.25, -0.2) is 4.39 Å². The summed E-state index contributed by atoms with van der Waals surface area (Å²) < 4.78 is 12.0. The van der Waals surface area contributed by atoms with Crippen LogP contribution in [0.4, 0.5) is 4.39 Å². The van der Waals surface area contributed by atoms with Crippen LogP contribution in [0.2, 0.25) is 0 Å². The van der Waals surface area contributed by atoms with Gasteiger partial charge in [-0.15, -0.1) is 0 Å². The summed E-state index contributed by atoms with van der Waals surface area (Å²) in [5.41, 5.74) is 0.723. The Bertz CT molecular complexity index is 326. The Kier molecular flexibility index (Phi) is 4.05. The van der Waals surface area contributed by atoms with E-state index >= 15 is 0 Å². The van der Waals surface area contributed by atoms with E-state index in [4.69, 9.17) is 10.2 Å². The smallest absolute Gasteiger partial charge is 0.321 e. The van der Waals surface area contributed by atoms with E-state index < -0.39 is 18.8 Å². The number of carboxylic acid groups (broad SMARTS) is 1. The van der Waals surface area contributed by atoms with Gasteiger partial charge < -0.3 is 10.2 Å². The second kappa shape index (κ2) is 5.31. The quantitative estimate of drug-likeness (QED) is 0.636. The molecule has 0 amide bonds. The second-order valence-corrected chi connectivity index (χ2v) is 3.10. The third-order valence-electron chi connectivity index (χ3n) is 2.00. The lowest BCUT2D eigenvalue weighted by Crippen LogP contribution is -2.37. The van der Waals surface area contributed by atoms with E-state index in [1.807, 2.05) is 0 Å². The van der Waals surface area contributed by atoms with Crippen LogP contribution in [0.25, 0.3) is 0 Å². The molecule has 0 aliphatic rings. The Morgan fingerprint density at radius 3 is 2.47 bits per heavy atom. The molecule has 4 nitrogen and oxygen atoms in total. The Morgan fingerprint density at radius 2 is 2.00 bits per heavy atom. The van der Waals surface area contributed by atoms with E-state index in [0.717, 1.165) is 5.56 Å². The fraction of sp³-hybridized carbons (Fsp3) is 0.300. The molecule has 0 radical (unpaired) electrons. The van der Waals surface area contributed by atoms with Gasteiger partial charge in [-0.1, -0.05) is 12.1 Å². The average molecular weight is 213 g/mol. The van der Waals surface area contributed by atoms with E-state index in [9.17, 15) is 9.18 Å². The van der Waals surface area contributed by atoms with Crippen LogP contribution >= 0.6 is 0 Å². The van der Waals surface area contributed by atoms with Crippen LogP contribution in [0.15, 0.2) is 24.3 Å². The maximum atomic E-state index is 12.0. The highest BCUT2D eigenvalue weighted by molar-refractivity contribution is 5.73. The van der Waals surface area contributed by atoms with Gasteiger partial charge >= 0.3 is 5.97 Å². The maximum Gasteiger partial charge on any atom is 0.321 e. The van der Waals surface area contributed by atoms with E-state index in [1.165, 1.54) is 12.1 Å². The lowest BCUT2D eigenvalue weighted by atomic mass is 10.1. The summed E-state index contributed by atoms with van der Waals surface area (Å²) in [6.45, 7) is -0.880. The van der Waals surface area contributed by atoms with Crippen molar-refractivity contribution in [2.24, 2.45) is 0 Å². The molecule has 5 heteroatoms. The van der Waals surface area contributed by atoms with Crippen LogP contribution < -0.4 is 5.32 Å². The number of carbonyl (C=O) groups is 1. The Balaban J connectivity index is 2.65. The van der Waals surface area contributed by atoms with E-state index in [1.54, 1.807) is 12.1 Å². The van der Waals surface area contributed by atoms with Crippen molar-refractivity contribution >= 4 is 5.97 Å². The van der Waals surface area contributed by atoms with Gasteiger partial charge in [0.15, 0.2) is 0 Å². The van der Waals surface area contributed by atoms with Crippen molar-refractivity contribution in [2.45, 2.75) is 12.5 Å². The number of hydrogen-bond donors (Lipinski definition) is 3. The normalized spacial score (nSPS) is 12.3. The van der Waals surface area contributed by atoms with Gasteiger partial charge in [0.05, 0.1) is 0 Å². The molecule has 0 aliphatic heterocycles. The van der Waals surface area contributed by atoms with Crippen LogP contribution in [0, 0.1) is 0 Å². The summed E-state index contributed by atoms with van der Waals surface area (Å²) in [4.78, 5) is 10.7. The van der Waals surface area contributed by atoms with Crippen LogP contribution in [-0.2, 0) is 11.2 Å². The number of nitrogens with one attached hydrogen (secondary N) is 1. The Hall–Kier alpha value is -1.62. The maximum absolute atomic E-state index is 12.0. The minimum absolute atomic E-state index is 0.115. The molecule has 0 aromatic heterocycles. The summed E-state index contributed by atoms with van der Waals surface area (Å²) in [6.07, 6.45) is 0.180. The highest BCUT2D eigenvalue weighted by Gasteiger charge is 2.16. The van der Waals surface area contributed by atoms with Gasteiger partial charge in [-0.2, -0.15) is 0 Å². The predicted octanol–water partition coefficient (Wildman–Crippen LogP) is 0.905. The topological polar surface area (TPSA) is 69.6 Å². The lowest BCUT2D eigenvalue weighted by Gasteiger charge is -2.11. The van der Waals surface area contributed by atoms with E-state index in [2.05, 4.69) is 5.32 Å². The molecule has 0 bridgehead atoms. The average Bonchev–Trinajstić information content (AvgIpc) is 2.20. The first kappa shape index (κ1) is 11.5. The molecular weight excluding hydrogens is 201 g/mol. The van der Waals surface area contributed by atoms with Gasteiger partial charge in [0, 0.05) is 0 Å². The van der Waals surface area contributed by atoms with Crippen molar-refractivity contribution < 1.29 is 19.4 Å². The first-order valence-electron chi connectivity index (χ1n) is 4.43. The number of aliphatic carboxylic acids is 1. The van der Waals surface area contributed by atoms with Gasteiger partial charge in [-0.05, 0) is 24.1 Å². The predicted molar refractivity (Wildman–Crippen MR) is 52.3 cm³/mol. The number of benzene rings is 1. The van der Waals surface area contributed by atoms with Crippen LogP contribution in [0.1, 0.15) is 5.56 Å². The molecule has 0 spiro atoms. The van der Waals surface area contributed by atoms with Crippen molar-refractivity contribution in [3.63, 3.8) is 0 Å². The molecule has 3 N–H and O–H groups in total. The third-order valence-corrected chi connectivity index (χ3v) is 2.00. The first-order valence-corrected chi connectivity index (χ1v) is 4.43. The SMILES string of the molecule is O=C(O)[C@H](Cc1ccc(O)cc1)NCF. The summed E-state index contributed by atoms with van der Waals surface area (Å²) in [7, 11) is 0. The monoisotopic (exact) mass is 213 g/mol. The number of hydrogen-bond acceptors (Lipinski definition) is 3. The molecule has 15 heavy (non-hydrogen) atoms. The summed E-state index contributed by atoms with van der Waals surface area (Å²) in [5, 5.41) is 20.0. The van der Waals surface area contributed by atoms with Gasteiger partial charge in [0.25, 0.3) is 0 Å². The highest BCUT2D eigenvalue weighted by Crippen LogP contribution is 2.11. The summed E-state index contributed by atoms with van der Waals surface area (Å²) in [5.74, 6) is -0.982. The van der Waals surface area contributed by atoms with Gasteiger partial charge in [0.1, 0.15) is 18.6 Å². The van der Waals surface area contributed by atoms with Crippen molar-refractivity contribution in [2.75, 3.05) is 6.80 Å². The van der Waals surface area contributed by atoms with E-state index in [-0.39, 0.29) is 12.2 Å². The van der Waals surface area contributed by atoms with Crippen molar-refractivity contribution in [1.82, 2.24) is 5.32 Å². The fourth-order valence-corrected chi connectivity index (χ4v) is 1.21. The third kappa shape index (κ3) is 3.55. The van der Waals surface area contributed by atoms with Crippen LogP contribution in [0.3, 0.4) is 0 Å². The van der Waals surface area contributed by atoms with Crippen LogP contribution in [-0.4, -0.2) is 29.0 Å². The van der Waals surface area contributed by atoms with Crippen molar-refractivity contribution in [1.29, 1.82) is 0 Å². The zero-order valence-corrected chi connectivity index (χ0v) is 7.98. The number of rotatable bonds is 5. The van der Waals surface area contributed by atoms with Gasteiger partial charge in [-0.3, -0.25) is 10.1 Å². The molecule has 0 aliphatic carbocycles. The zero-order chi connectivity index (χ0) is 11.3. The molecule has 0 saturated heterocycles. The molecule has 0 saturated carbocycles. The highest BCUT2D eigenvalue weighted by atomic mass is 19.1. The molecule has 0 heterocycles. The van der Waals surface area contributed by atoms with Crippen molar-refractivity contribution in [3.8, 4) is 5.75 Å². The second-order valence-electron chi connectivity index (χ2n) is 3.10. The number of aromatic hydroxyl groups is 1. The molecule has 1 rings (SSSR count). The molecule has 1 atom stereocenters. The minimum Gasteiger partial charge on any atom is -0.508 e.